The van der Waals surface area contributed by atoms with Crippen LogP contribution in [0.1, 0.15) is 30.9 Å². The highest BCUT2D eigenvalue weighted by Crippen LogP contribution is 2.34. The van der Waals surface area contributed by atoms with Crippen LogP contribution in [0.25, 0.3) is 17.0 Å². The van der Waals surface area contributed by atoms with Crippen molar-refractivity contribution in [3.63, 3.8) is 0 Å². The molecule has 2 aliphatic rings. The monoisotopic (exact) mass is 443 g/mol. The summed E-state index contributed by atoms with van der Waals surface area (Å²) in [6.07, 6.45) is 6.86. The van der Waals surface area contributed by atoms with E-state index in [1.54, 1.807) is 7.05 Å². The topological polar surface area (TPSA) is 63.6 Å². The summed E-state index contributed by atoms with van der Waals surface area (Å²) in [5, 5.41) is 4.02. The Hall–Kier alpha value is -2.16. The first-order valence-corrected chi connectivity index (χ1v) is 11.4. The van der Waals surface area contributed by atoms with Gasteiger partial charge in [-0.25, -0.2) is 0 Å². The zero-order chi connectivity index (χ0) is 21.3. The molecule has 4 rings (SSSR count). The molecule has 1 aromatic carbocycles. The molecular formula is C22H25N3O3S2. The minimum Gasteiger partial charge on any atom is -0.376 e. The van der Waals surface area contributed by atoms with Crippen molar-refractivity contribution in [1.82, 2.24) is 14.8 Å². The lowest BCUT2D eigenvalue weighted by Crippen LogP contribution is -2.34. The summed E-state index contributed by atoms with van der Waals surface area (Å²) >= 11 is 6.55. The fourth-order valence-electron chi connectivity index (χ4n) is 3.92. The number of aromatic nitrogens is 1. The summed E-state index contributed by atoms with van der Waals surface area (Å²) in [6, 6.07) is 6.14. The Kier molecular flexibility index (Phi) is 6.26. The van der Waals surface area contributed by atoms with Gasteiger partial charge in [-0.1, -0.05) is 49.1 Å². The smallest absolute Gasteiger partial charge is 0.265 e. The molecule has 0 saturated carbocycles. The van der Waals surface area contributed by atoms with Gasteiger partial charge in [-0.2, -0.15) is 0 Å². The predicted octanol–water partition coefficient (Wildman–Crippen LogP) is 3.33. The van der Waals surface area contributed by atoms with Crippen LogP contribution in [-0.4, -0.2) is 51.9 Å². The summed E-state index contributed by atoms with van der Waals surface area (Å²) < 4.78 is 8.13. The summed E-state index contributed by atoms with van der Waals surface area (Å²) in [6.45, 7) is 3.65. The van der Waals surface area contributed by atoms with Gasteiger partial charge in [-0.3, -0.25) is 14.5 Å². The molecule has 0 aliphatic carbocycles. The second kappa shape index (κ2) is 8.91. The van der Waals surface area contributed by atoms with E-state index in [2.05, 4.69) is 18.3 Å². The maximum atomic E-state index is 12.6. The van der Waals surface area contributed by atoms with Crippen molar-refractivity contribution < 1.29 is 14.3 Å². The molecule has 0 spiro atoms. The minimum absolute atomic E-state index is 0.0419. The molecule has 0 radical (unpaired) electrons. The Morgan fingerprint density at radius 1 is 1.43 bits per heavy atom. The van der Waals surface area contributed by atoms with Gasteiger partial charge in [-0.05, 0) is 30.9 Å². The number of thioether (sulfide) groups is 1. The number of carbonyl (C=O) groups excluding carboxylic acids is 2. The van der Waals surface area contributed by atoms with E-state index in [0.717, 1.165) is 42.3 Å². The zero-order valence-corrected chi connectivity index (χ0v) is 18.8. The van der Waals surface area contributed by atoms with E-state index in [1.807, 2.05) is 29.0 Å². The number of ether oxygens (including phenoxy) is 1. The van der Waals surface area contributed by atoms with Crippen LogP contribution in [0.5, 0.6) is 0 Å². The van der Waals surface area contributed by atoms with Crippen LogP contribution in [0.4, 0.5) is 0 Å². The van der Waals surface area contributed by atoms with Gasteiger partial charge in [-0.15, -0.1) is 0 Å². The number of hydrogen-bond acceptors (Lipinski definition) is 5. The van der Waals surface area contributed by atoms with E-state index in [0.29, 0.717) is 15.8 Å². The molecule has 3 heterocycles. The number of nitrogens with zero attached hydrogens (tertiary/aromatic N) is 2. The third-order valence-electron chi connectivity index (χ3n) is 5.53. The number of thiocarbonyl (C=S) groups is 1. The molecule has 2 amide bonds. The van der Waals surface area contributed by atoms with E-state index < -0.39 is 0 Å². The molecule has 158 valence electrons. The highest BCUT2D eigenvalue weighted by atomic mass is 32.2. The number of rotatable bonds is 6. The number of likely N-dealkylation sites (N-methyl/N-ethyl adjacent to an activating group) is 1. The number of amides is 2. The van der Waals surface area contributed by atoms with Crippen molar-refractivity contribution in [2.75, 3.05) is 20.2 Å². The van der Waals surface area contributed by atoms with Crippen molar-refractivity contribution in [2.45, 2.75) is 38.8 Å². The second-order valence-corrected chi connectivity index (χ2v) is 9.23. The first-order valence-electron chi connectivity index (χ1n) is 10.2. The van der Waals surface area contributed by atoms with Gasteiger partial charge in [0.15, 0.2) is 0 Å². The molecule has 2 saturated heterocycles. The van der Waals surface area contributed by atoms with Crippen LogP contribution in [0.2, 0.25) is 0 Å². The van der Waals surface area contributed by atoms with Gasteiger partial charge in [0.2, 0.25) is 5.91 Å². The molecule has 0 unspecified atom stereocenters. The molecule has 1 atom stereocenters. The van der Waals surface area contributed by atoms with Crippen molar-refractivity contribution in [1.29, 1.82) is 0 Å². The van der Waals surface area contributed by atoms with Gasteiger partial charge < -0.3 is 14.6 Å². The molecule has 0 bridgehead atoms. The summed E-state index contributed by atoms with van der Waals surface area (Å²) in [5.41, 5.74) is 3.12. The Bertz CT molecular complexity index is 1040. The average molecular weight is 444 g/mol. The SMILES string of the molecule is CCc1cccc2c(/C=C3\SC(=S)N(C)C3=O)cn(CC(=O)NC[C@H]3CCCO3)c12. The number of aryl methyl sites for hydroxylation is 1. The largest absolute Gasteiger partial charge is 0.376 e. The quantitative estimate of drug-likeness (QED) is 0.548. The summed E-state index contributed by atoms with van der Waals surface area (Å²) in [4.78, 5) is 27.2. The maximum Gasteiger partial charge on any atom is 0.265 e. The van der Waals surface area contributed by atoms with Crippen molar-refractivity contribution in [2.24, 2.45) is 0 Å². The third-order valence-corrected chi connectivity index (χ3v) is 7.02. The fourth-order valence-corrected chi connectivity index (χ4v) is 5.09. The van der Waals surface area contributed by atoms with E-state index in [4.69, 9.17) is 17.0 Å². The maximum absolute atomic E-state index is 12.6. The molecular weight excluding hydrogens is 418 g/mol. The Morgan fingerprint density at radius 3 is 2.93 bits per heavy atom. The lowest BCUT2D eigenvalue weighted by Gasteiger charge is -2.12. The molecule has 1 aromatic heterocycles. The van der Waals surface area contributed by atoms with Gasteiger partial charge in [0.05, 0.1) is 16.5 Å². The average Bonchev–Trinajstić information content (AvgIpc) is 3.44. The first-order chi connectivity index (χ1) is 14.5. The number of carbonyl (C=O) groups is 2. The van der Waals surface area contributed by atoms with Crippen LogP contribution < -0.4 is 5.32 Å². The molecule has 2 aromatic rings. The molecule has 2 aliphatic heterocycles. The summed E-state index contributed by atoms with van der Waals surface area (Å²) in [7, 11) is 1.69. The molecule has 30 heavy (non-hydrogen) atoms. The Labute approximate surface area is 185 Å². The van der Waals surface area contributed by atoms with Crippen molar-refractivity contribution in [3.8, 4) is 0 Å². The van der Waals surface area contributed by atoms with Crippen LogP contribution in [0.3, 0.4) is 0 Å². The minimum atomic E-state index is -0.0909. The lowest BCUT2D eigenvalue weighted by atomic mass is 10.1. The van der Waals surface area contributed by atoms with Crippen molar-refractivity contribution >= 4 is 57.1 Å². The van der Waals surface area contributed by atoms with Crippen LogP contribution in [-0.2, 0) is 27.3 Å². The van der Waals surface area contributed by atoms with E-state index in [-0.39, 0.29) is 24.5 Å². The molecule has 2 fully saturated rings. The number of para-hydroxylation sites is 1. The second-order valence-electron chi connectivity index (χ2n) is 7.56. The molecule has 1 N–H and O–H groups in total. The molecule has 6 nitrogen and oxygen atoms in total. The van der Waals surface area contributed by atoms with E-state index in [1.165, 1.54) is 22.2 Å². The molecule has 8 heteroatoms. The number of fused-ring (bicyclic) bond motifs is 1. The van der Waals surface area contributed by atoms with Crippen LogP contribution >= 0.6 is 24.0 Å². The van der Waals surface area contributed by atoms with Gasteiger partial charge in [0, 0.05) is 37.3 Å². The number of nitrogens with one attached hydrogen (secondary N) is 1. The van der Waals surface area contributed by atoms with Crippen molar-refractivity contribution in [3.05, 3.63) is 40.4 Å². The third kappa shape index (κ3) is 4.17. The highest BCUT2D eigenvalue weighted by Gasteiger charge is 2.29. The fraction of sp³-hybridized carbons (Fsp3) is 0.409. The predicted molar refractivity (Wildman–Crippen MR) is 124 cm³/mol. The van der Waals surface area contributed by atoms with Gasteiger partial charge in [0.1, 0.15) is 10.9 Å². The van der Waals surface area contributed by atoms with Crippen LogP contribution in [0.15, 0.2) is 29.3 Å². The standard InChI is InChI=1S/C22H25N3O3S2/c1-3-14-6-4-8-17-15(10-18-21(27)24(2)22(29)30-18)12-25(20(14)17)13-19(26)23-11-16-7-5-9-28-16/h4,6,8,10,12,16H,3,5,7,9,11,13H2,1-2H3,(H,23,26)/b18-10-/t16-/m1/s1. The van der Waals surface area contributed by atoms with E-state index in [9.17, 15) is 9.59 Å². The van der Waals surface area contributed by atoms with Gasteiger partial charge in [0.25, 0.3) is 5.91 Å². The first kappa shape index (κ1) is 21.1. The Morgan fingerprint density at radius 2 is 2.27 bits per heavy atom. The Balaban J connectivity index is 1.63. The number of hydrogen-bond donors (Lipinski definition) is 1. The van der Waals surface area contributed by atoms with Gasteiger partial charge >= 0.3 is 0 Å². The number of benzene rings is 1. The lowest BCUT2D eigenvalue weighted by molar-refractivity contribution is -0.122. The zero-order valence-electron chi connectivity index (χ0n) is 17.1. The normalized spacial score (nSPS) is 20.7. The van der Waals surface area contributed by atoms with E-state index >= 15 is 0 Å². The van der Waals surface area contributed by atoms with Crippen LogP contribution in [0, 0.1) is 0 Å². The summed E-state index contributed by atoms with van der Waals surface area (Å²) in [5.74, 6) is -0.133. The highest BCUT2D eigenvalue weighted by molar-refractivity contribution is 8.26.